The molecule has 7 aromatic rings. The Morgan fingerprint density at radius 3 is 1.49 bits per heavy atom. The van der Waals surface area contributed by atoms with Gasteiger partial charge < -0.3 is 32.7 Å². The smallest absolute Gasteiger partial charge is 0.497 e. The number of methoxy groups -OCH3 is 2. The van der Waals surface area contributed by atoms with E-state index >= 15 is 4.57 Å². The zero-order valence-corrected chi connectivity index (χ0v) is 45.4. The molecule has 2 aromatic heterocycles. The van der Waals surface area contributed by atoms with Crippen LogP contribution in [0.2, 0.25) is 10.0 Å². The molecule has 25 heteroatoms. The summed E-state index contributed by atoms with van der Waals surface area (Å²) in [5.41, 5.74) is -1.98. The average Bonchev–Trinajstić information content (AvgIpc) is 4.09. The minimum atomic E-state index is -5.03. The van der Waals surface area contributed by atoms with E-state index in [0.29, 0.717) is 38.2 Å². The molecule has 9 rings (SSSR count). The van der Waals surface area contributed by atoms with E-state index in [1.807, 2.05) is 54.6 Å². The fraction of sp³-hybridized carbons (Fsp3) is 0.283. The van der Waals surface area contributed by atoms with Crippen molar-refractivity contribution < 1.29 is 60.3 Å². The van der Waals surface area contributed by atoms with Crippen molar-refractivity contribution in [2.45, 2.75) is 69.2 Å². The van der Waals surface area contributed by atoms with Crippen molar-refractivity contribution in [3.63, 3.8) is 0 Å². The number of phosphoric acid groups is 2. The van der Waals surface area contributed by atoms with Gasteiger partial charge in [0.15, 0.2) is 0 Å². The van der Waals surface area contributed by atoms with E-state index in [1.165, 1.54) is 79.3 Å². The fourth-order valence-electron chi connectivity index (χ4n) is 9.00. The van der Waals surface area contributed by atoms with Crippen LogP contribution in [0.15, 0.2) is 159 Å². The van der Waals surface area contributed by atoms with E-state index in [0.717, 1.165) is 4.57 Å². The van der Waals surface area contributed by atoms with Crippen LogP contribution in [0, 0.1) is 13.8 Å². The lowest BCUT2D eigenvalue weighted by molar-refractivity contribution is -0.0949. The first-order valence-electron chi connectivity index (χ1n) is 24.1. The Kier molecular flexibility index (Phi) is 17.1. The fourth-order valence-corrected chi connectivity index (χ4v) is 11.7. The number of hydrogen-bond acceptors (Lipinski definition) is 16. The van der Waals surface area contributed by atoms with Gasteiger partial charge in [-0.25, -0.2) is 18.7 Å². The normalized spacial score (nSPS) is 20.9. The molecule has 410 valence electrons. The van der Waals surface area contributed by atoms with Crippen molar-refractivity contribution in [2.24, 2.45) is 0 Å². The average molecular weight is 1150 g/mol. The molecule has 2 aliphatic heterocycles. The van der Waals surface area contributed by atoms with Crippen LogP contribution in [-0.2, 0) is 42.5 Å². The van der Waals surface area contributed by atoms with Crippen molar-refractivity contribution in [2.75, 3.05) is 27.4 Å². The van der Waals surface area contributed by atoms with Crippen LogP contribution in [0.4, 0.5) is 0 Å². The first-order chi connectivity index (χ1) is 37.3. The molecule has 5 aromatic carbocycles. The summed E-state index contributed by atoms with van der Waals surface area (Å²) < 4.78 is 92.4. The van der Waals surface area contributed by atoms with Crippen molar-refractivity contribution >= 4 is 38.8 Å². The molecule has 2 aliphatic rings. The number of H-pyrrole nitrogens is 2. The Morgan fingerprint density at radius 1 is 0.590 bits per heavy atom. The van der Waals surface area contributed by atoms with Crippen LogP contribution >= 0.6 is 38.8 Å². The summed E-state index contributed by atoms with van der Waals surface area (Å²) in [5.74, 6) is 1.05. The quantitative estimate of drug-likeness (QED) is 0.0449. The second kappa shape index (κ2) is 23.8. The standard InChI is InChI=1S/C53H52Cl2N4O17P2/c1-32-28-58(51(62)56-49(32)60)47-26-43(75-77(64,65)73-41-22-14-37(54)15-23-41)46(72-47)31-70-78(66,74-42-24-16-38(55)17-25-42)76-44-27-48(59-29-33(2)50(61)57-52(59)63)71-45(44)30-69-53(34-8-6-5-7-9-34,35-10-18-39(67-3)19-11-35)36-12-20-40(68-4)21-13-36/h5-25,28-29,43-48H,26-27,30-31H2,1-4H3,(H,64,65)(H,56,60,62)(H,57,61,63)/t43-,44-,45+,46+,47+,48+,78?/m0/s1. The number of aromatic nitrogens is 4. The molecule has 0 radical (unpaired) electrons. The van der Waals surface area contributed by atoms with Crippen LogP contribution in [0.1, 0.15) is 53.1 Å². The van der Waals surface area contributed by atoms with Crippen LogP contribution in [0.3, 0.4) is 0 Å². The Labute approximate surface area is 455 Å². The summed E-state index contributed by atoms with van der Waals surface area (Å²) in [6.07, 6.45) is -5.72. The third kappa shape index (κ3) is 12.8. The minimum Gasteiger partial charge on any atom is -0.497 e. The Hall–Kier alpha value is -6.58. The van der Waals surface area contributed by atoms with Gasteiger partial charge in [-0.2, -0.15) is 0 Å². The van der Waals surface area contributed by atoms with Crippen molar-refractivity contribution in [1.29, 1.82) is 0 Å². The van der Waals surface area contributed by atoms with Crippen LogP contribution in [-0.4, -0.2) is 75.8 Å². The van der Waals surface area contributed by atoms with Gasteiger partial charge in [0.1, 0.15) is 65.5 Å². The van der Waals surface area contributed by atoms with Crippen molar-refractivity contribution in [1.82, 2.24) is 19.1 Å². The summed E-state index contributed by atoms with van der Waals surface area (Å²) in [6, 6.07) is 35.3. The monoisotopic (exact) mass is 1150 g/mol. The Balaban J connectivity index is 1.09. The molecule has 0 amide bonds. The predicted molar refractivity (Wildman–Crippen MR) is 285 cm³/mol. The van der Waals surface area contributed by atoms with Gasteiger partial charge in [0.05, 0.1) is 27.4 Å². The maximum atomic E-state index is 15.6. The topological polar surface area (TPSA) is 256 Å². The molecule has 0 bridgehead atoms. The number of hydrogen-bond donors (Lipinski definition) is 3. The maximum absolute atomic E-state index is 15.6. The first kappa shape index (κ1) is 56.2. The number of halogens is 2. The Morgan fingerprint density at radius 2 is 1.01 bits per heavy atom. The Bertz CT molecular complexity index is 3520. The number of benzene rings is 5. The van der Waals surface area contributed by atoms with Crippen LogP contribution in [0.5, 0.6) is 23.0 Å². The third-order valence-electron chi connectivity index (χ3n) is 12.9. The number of rotatable bonds is 21. The highest BCUT2D eigenvalue weighted by atomic mass is 35.5. The van der Waals surface area contributed by atoms with Gasteiger partial charge in [-0.15, -0.1) is 0 Å². The maximum Gasteiger partial charge on any atom is 0.530 e. The van der Waals surface area contributed by atoms with Crippen molar-refractivity contribution in [3.05, 3.63) is 219 Å². The third-order valence-corrected chi connectivity index (χ3v) is 15.8. The summed E-state index contributed by atoms with van der Waals surface area (Å²) in [4.78, 5) is 67.2. The largest absolute Gasteiger partial charge is 0.530 e. The van der Waals surface area contributed by atoms with Crippen LogP contribution in [0.25, 0.3) is 0 Å². The second-order valence-corrected chi connectivity index (χ2v) is 21.8. The zero-order valence-electron chi connectivity index (χ0n) is 42.1. The molecule has 3 N–H and O–H groups in total. The van der Waals surface area contributed by atoms with E-state index in [4.69, 9.17) is 69.5 Å². The molecule has 2 unspecified atom stereocenters. The molecule has 2 saturated heterocycles. The number of phosphoric ester groups is 2. The highest BCUT2D eigenvalue weighted by molar-refractivity contribution is 7.49. The van der Waals surface area contributed by atoms with Gasteiger partial charge >= 0.3 is 27.0 Å². The summed E-state index contributed by atoms with van der Waals surface area (Å²) >= 11 is 12.3. The molecule has 0 saturated carbocycles. The van der Waals surface area contributed by atoms with E-state index in [9.17, 15) is 28.6 Å². The molecular weight excluding hydrogens is 1100 g/mol. The lowest BCUT2D eigenvalue weighted by Gasteiger charge is -2.37. The second-order valence-electron chi connectivity index (χ2n) is 18.1. The van der Waals surface area contributed by atoms with E-state index < -0.39 is 87.2 Å². The number of aromatic amines is 2. The molecule has 0 aliphatic carbocycles. The molecule has 2 fully saturated rings. The number of ether oxygens (including phenoxy) is 5. The number of nitrogens with one attached hydrogen (secondary N) is 2. The molecule has 21 nitrogen and oxygen atoms in total. The summed E-state index contributed by atoms with van der Waals surface area (Å²) in [6.45, 7) is 1.89. The lowest BCUT2D eigenvalue weighted by Crippen LogP contribution is -2.38. The van der Waals surface area contributed by atoms with Gasteiger partial charge in [-0.05, 0) is 103 Å². The van der Waals surface area contributed by atoms with Gasteiger partial charge in [-0.1, -0.05) is 77.8 Å². The van der Waals surface area contributed by atoms with Crippen molar-refractivity contribution in [3.8, 4) is 23.0 Å². The molecule has 8 atom stereocenters. The van der Waals surface area contributed by atoms with E-state index in [2.05, 4.69) is 9.97 Å². The summed E-state index contributed by atoms with van der Waals surface area (Å²) in [5, 5.41) is 0.642. The van der Waals surface area contributed by atoms with Crippen LogP contribution < -0.4 is 41.0 Å². The molecular formula is C53H52Cl2N4O17P2. The van der Waals surface area contributed by atoms with Gasteiger partial charge in [0.25, 0.3) is 11.1 Å². The van der Waals surface area contributed by atoms with Gasteiger partial charge in [-0.3, -0.25) is 47.2 Å². The first-order valence-corrected chi connectivity index (χ1v) is 27.8. The number of nitrogens with zero attached hydrogens (tertiary/aromatic N) is 2. The number of aryl methyl sites for hydroxylation is 2. The van der Waals surface area contributed by atoms with E-state index in [1.54, 1.807) is 38.5 Å². The van der Waals surface area contributed by atoms with Gasteiger partial charge in [0.2, 0.25) is 0 Å². The molecule has 4 heterocycles. The summed E-state index contributed by atoms with van der Waals surface area (Å²) in [7, 11) is -6.95. The lowest BCUT2D eigenvalue weighted by atomic mass is 9.80. The molecule has 0 spiro atoms. The van der Waals surface area contributed by atoms with E-state index in [-0.39, 0.29) is 42.1 Å². The van der Waals surface area contributed by atoms with Gasteiger partial charge in [0, 0.05) is 46.4 Å². The SMILES string of the molecule is COc1ccc(C(OC[C@H]2O[C@@H](n3cc(C)c(=O)[nH]c3=O)C[C@@H]2OP(=O)(OC[C@H]2O[C@@H](n3cc(C)c(=O)[nH]c3=O)C[C@@H]2OP(=O)(O)Oc2ccc(Cl)cc2)Oc2ccc(Cl)cc2)(c2ccccc2)c2ccc(OC)cc2)cc1. The zero-order chi connectivity index (χ0) is 55.4. The highest BCUT2D eigenvalue weighted by Gasteiger charge is 2.49. The minimum absolute atomic E-state index is 0.0370. The molecule has 78 heavy (non-hydrogen) atoms. The highest BCUT2D eigenvalue weighted by Crippen LogP contribution is 2.55. The predicted octanol–water partition coefficient (Wildman–Crippen LogP) is 8.76.